The number of anilines is 2. The van der Waals surface area contributed by atoms with Crippen LogP contribution in [0.4, 0.5) is 11.9 Å². The molecule has 1 aliphatic heterocycles. The molecule has 0 saturated carbocycles. The highest BCUT2D eigenvalue weighted by Crippen LogP contribution is 2.21. The smallest absolute Gasteiger partial charge is 0.246 e. The van der Waals surface area contributed by atoms with Gasteiger partial charge in [-0.2, -0.15) is 4.98 Å². The molecule has 0 spiro atoms. The lowest BCUT2D eigenvalue weighted by atomic mass is 10.0. The molecule has 1 fully saturated rings. The van der Waals surface area contributed by atoms with Crippen molar-refractivity contribution in [1.29, 1.82) is 0 Å². The average molecular weight is 470 g/mol. The second-order valence-electron chi connectivity index (χ2n) is 7.63. The number of rotatable bonds is 9. The topological polar surface area (TPSA) is 137 Å². The Bertz CT molecular complexity index is 973. The molecule has 2 heterocycles. The van der Waals surface area contributed by atoms with E-state index in [1.165, 1.54) is 6.92 Å². The number of sulfonamides is 1. The zero-order valence-electron chi connectivity index (χ0n) is 17.4. The molecule has 1 aromatic heterocycles. The third kappa shape index (κ3) is 7.08. The van der Waals surface area contributed by atoms with Crippen LogP contribution in [0.15, 0.2) is 24.3 Å². The van der Waals surface area contributed by atoms with Crippen LogP contribution in [0.3, 0.4) is 0 Å². The minimum absolute atomic E-state index is 0.134. The standard InChI is InChI=1S/C19H28ClN7O3S/c1-14(28)25-31(29,30)13-12-26(9-6-15-2-4-16(20)5-3-15)17-7-10-27(11-8-17)19-22-18(21)23-24-19/h2-5,17H,6-13H2,1H3,(H,25,28)(H3,21,22,23,24). The summed E-state index contributed by atoms with van der Waals surface area (Å²) in [7, 11) is -3.66. The Morgan fingerprint density at radius 2 is 1.97 bits per heavy atom. The lowest BCUT2D eigenvalue weighted by Gasteiger charge is -2.38. The number of piperidine rings is 1. The molecule has 31 heavy (non-hydrogen) atoms. The van der Waals surface area contributed by atoms with E-state index in [2.05, 4.69) is 25.0 Å². The van der Waals surface area contributed by atoms with Gasteiger partial charge in [0.05, 0.1) is 5.75 Å². The van der Waals surface area contributed by atoms with Crippen molar-refractivity contribution in [3.8, 4) is 0 Å². The summed E-state index contributed by atoms with van der Waals surface area (Å²) in [5, 5.41) is 7.44. The summed E-state index contributed by atoms with van der Waals surface area (Å²) < 4.78 is 26.4. The first-order valence-electron chi connectivity index (χ1n) is 10.1. The first-order chi connectivity index (χ1) is 14.7. The number of halogens is 1. The highest BCUT2D eigenvalue weighted by atomic mass is 35.5. The minimum Gasteiger partial charge on any atom is -0.368 e. The van der Waals surface area contributed by atoms with Crippen molar-refractivity contribution in [3.05, 3.63) is 34.9 Å². The molecule has 0 atom stereocenters. The van der Waals surface area contributed by atoms with Crippen LogP contribution in [0, 0.1) is 0 Å². The number of nitrogen functional groups attached to an aromatic ring is 1. The number of nitrogens with two attached hydrogens (primary N) is 1. The van der Waals surface area contributed by atoms with E-state index >= 15 is 0 Å². The molecule has 1 aliphatic rings. The lowest BCUT2D eigenvalue weighted by molar-refractivity contribution is -0.117. The Hall–Kier alpha value is -2.37. The molecular formula is C19H28ClN7O3S. The number of hydrogen-bond acceptors (Lipinski definition) is 8. The van der Waals surface area contributed by atoms with Crippen molar-refractivity contribution in [2.45, 2.75) is 32.2 Å². The highest BCUT2D eigenvalue weighted by molar-refractivity contribution is 7.90. The number of amides is 1. The fourth-order valence-electron chi connectivity index (χ4n) is 3.75. The quantitative estimate of drug-likeness (QED) is 0.495. The van der Waals surface area contributed by atoms with Gasteiger partial charge in [-0.05, 0) is 37.0 Å². The van der Waals surface area contributed by atoms with Crippen molar-refractivity contribution in [3.63, 3.8) is 0 Å². The van der Waals surface area contributed by atoms with E-state index in [0.29, 0.717) is 24.1 Å². The normalized spacial score (nSPS) is 15.4. The predicted molar refractivity (Wildman–Crippen MR) is 120 cm³/mol. The molecule has 1 saturated heterocycles. The van der Waals surface area contributed by atoms with Gasteiger partial charge in [0.25, 0.3) is 0 Å². The SMILES string of the molecule is CC(=O)NS(=O)(=O)CCN(CCc1ccc(Cl)cc1)C1CCN(c2n[nH]c(N)n2)CC1. The second-order valence-corrected chi connectivity index (χ2v) is 9.91. The molecular weight excluding hydrogens is 442 g/mol. The number of benzene rings is 1. The van der Waals surface area contributed by atoms with Gasteiger partial charge in [-0.3, -0.25) is 14.4 Å². The van der Waals surface area contributed by atoms with Crippen molar-refractivity contribution in [2.24, 2.45) is 0 Å². The summed E-state index contributed by atoms with van der Waals surface area (Å²) in [6.45, 7) is 3.74. The Morgan fingerprint density at radius 3 is 2.55 bits per heavy atom. The van der Waals surface area contributed by atoms with Crippen molar-refractivity contribution < 1.29 is 13.2 Å². The number of nitrogens with one attached hydrogen (secondary N) is 2. The number of H-pyrrole nitrogens is 1. The summed E-state index contributed by atoms with van der Waals surface area (Å²) >= 11 is 5.97. The van der Waals surface area contributed by atoms with Crippen LogP contribution in [0.25, 0.3) is 0 Å². The molecule has 170 valence electrons. The van der Waals surface area contributed by atoms with Crippen LogP contribution < -0.4 is 15.4 Å². The van der Waals surface area contributed by atoms with E-state index < -0.39 is 15.9 Å². The Balaban J connectivity index is 1.63. The number of hydrogen-bond donors (Lipinski definition) is 3. The molecule has 12 heteroatoms. The molecule has 4 N–H and O–H groups in total. The molecule has 1 amide bonds. The third-order valence-electron chi connectivity index (χ3n) is 5.30. The summed E-state index contributed by atoms with van der Waals surface area (Å²) in [4.78, 5) is 19.6. The number of carbonyl (C=O) groups is 1. The summed E-state index contributed by atoms with van der Waals surface area (Å²) in [6.07, 6.45) is 2.46. The van der Waals surface area contributed by atoms with E-state index in [0.717, 1.165) is 37.9 Å². The van der Waals surface area contributed by atoms with Crippen LogP contribution >= 0.6 is 11.6 Å². The number of nitrogens with zero attached hydrogens (tertiary/aromatic N) is 4. The molecule has 0 radical (unpaired) electrons. The largest absolute Gasteiger partial charge is 0.368 e. The molecule has 1 aromatic carbocycles. The fourth-order valence-corrected chi connectivity index (χ4v) is 4.89. The van der Waals surface area contributed by atoms with Gasteiger partial charge >= 0.3 is 0 Å². The molecule has 0 unspecified atom stereocenters. The molecule has 3 rings (SSSR count). The van der Waals surface area contributed by atoms with Crippen LogP contribution in [-0.4, -0.2) is 72.4 Å². The van der Waals surface area contributed by atoms with Crippen LogP contribution in [0.1, 0.15) is 25.3 Å². The first kappa shape index (κ1) is 23.3. The van der Waals surface area contributed by atoms with Gasteiger partial charge in [0.15, 0.2) is 0 Å². The van der Waals surface area contributed by atoms with Gasteiger partial charge in [-0.1, -0.05) is 23.7 Å². The zero-order valence-corrected chi connectivity index (χ0v) is 19.0. The van der Waals surface area contributed by atoms with E-state index in [4.69, 9.17) is 17.3 Å². The van der Waals surface area contributed by atoms with Gasteiger partial charge in [-0.15, -0.1) is 5.10 Å². The molecule has 0 bridgehead atoms. The van der Waals surface area contributed by atoms with E-state index in [9.17, 15) is 13.2 Å². The summed E-state index contributed by atoms with van der Waals surface area (Å²) in [5.41, 5.74) is 6.75. The van der Waals surface area contributed by atoms with Gasteiger partial charge < -0.3 is 10.6 Å². The molecule has 0 aliphatic carbocycles. The zero-order chi connectivity index (χ0) is 22.4. The molecule has 2 aromatic rings. The van der Waals surface area contributed by atoms with Gasteiger partial charge in [0, 0.05) is 44.2 Å². The summed E-state index contributed by atoms with van der Waals surface area (Å²) in [5.74, 6) is 0.152. The first-order valence-corrected chi connectivity index (χ1v) is 12.2. The van der Waals surface area contributed by atoms with E-state index in [-0.39, 0.29) is 17.7 Å². The maximum absolute atomic E-state index is 12.2. The minimum atomic E-state index is -3.66. The van der Waals surface area contributed by atoms with E-state index in [1.807, 2.05) is 29.0 Å². The maximum atomic E-state index is 12.2. The van der Waals surface area contributed by atoms with Crippen LogP contribution in [-0.2, 0) is 21.2 Å². The van der Waals surface area contributed by atoms with Crippen molar-refractivity contribution in [1.82, 2.24) is 24.8 Å². The fraction of sp³-hybridized carbons (Fsp3) is 0.526. The number of carbonyl (C=O) groups excluding carboxylic acids is 1. The Morgan fingerprint density at radius 1 is 1.29 bits per heavy atom. The van der Waals surface area contributed by atoms with Gasteiger partial charge in [0.1, 0.15) is 0 Å². The van der Waals surface area contributed by atoms with Gasteiger partial charge in [-0.25, -0.2) is 13.5 Å². The maximum Gasteiger partial charge on any atom is 0.246 e. The second kappa shape index (κ2) is 10.3. The summed E-state index contributed by atoms with van der Waals surface area (Å²) in [6, 6.07) is 7.87. The highest BCUT2D eigenvalue weighted by Gasteiger charge is 2.27. The van der Waals surface area contributed by atoms with Crippen molar-refractivity contribution in [2.75, 3.05) is 42.6 Å². The van der Waals surface area contributed by atoms with E-state index in [1.54, 1.807) is 0 Å². The average Bonchev–Trinajstić information content (AvgIpc) is 3.15. The van der Waals surface area contributed by atoms with Crippen LogP contribution in [0.5, 0.6) is 0 Å². The van der Waals surface area contributed by atoms with Crippen molar-refractivity contribution >= 4 is 39.4 Å². The third-order valence-corrected chi connectivity index (χ3v) is 6.87. The Labute approximate surface area is 187 Å². The predicted octanol–water partition coefficient (Wildman–Crippen LogP) is 1.02. The Kier molecular flexibility index (Phi) is 7.74. The molecule has 10 nitrogen and oxygen atoms in total. The number of aromatic amines is 1. The number of aromatic nitrogens is 3. The monoisotopic (exact) mass is 469 g/mol. The van der Waals surface area contributed by atoms with Gasteiger partial charge in [0.2, 0.25) is 27.8 Å². The van der Waals surface area contributed by atoms with Crippen LogP contribution in [0.2, 0.25) is 5.02 Å². The lowest BCUT2D eigenvalue weighted by Crippen LogP contribution is -2.48.